The molecule has 0 radical (unpaired) electrons. The second-order valence-electron chi connectivity index (χ2n) is 4.97. The number of hydrogen-bond donors (Lipinski definition) is 2. The van der Waals surface area contributed by atoms with Crippen LogP contribution in [0.2, 0.25) is 0 Å². The summed E-state index contributed by atoms with van der Waals surface area (Å²) < 4.78 is 5.22. The van der Waals surface area contributed by atoms with E-state index < -0.39 is 0 Å². The van der Waals surface area contributed by atoms with Gasteiger partial charge in [-0.1, -0.05) is 13.8 Å². The maximum Gasteiger partial charge on any atom is 0.269 e. The number of anilines is 1. The van der Waals surface area contributed by atoms with Crippen LogP contribution in [-0.4, -0.2) is 17.4 Å². The third-order valence-electron chi connectivity index (χ3n) is 2.71. The molecule has 20 heavy (non-hydrogen) atoms. The van der Waals surface area contributed by atoms with E-state index in [9.17, 15) is 4.79 Å². The van der Waals surface area contributed by atoms with Crippen molar-refractivity contribution in [2.75, 3.05) is 11.9 Å². The maximum absolute atomic E-state index is 11.8. The molecule has 0 aliphatic heterocycles. The van der Waals surface area contributed by atoms with Crippen LogP contribution in [-0.2, 0) is 6.54 Å². The lowest BCUT2D eigenvalue weighted by Crippen LogP contribution is -2.27. The van der Waals surface area contributed by atoms with Crippen molar-refractivity contribution in [2.24, 2.45) is 5.92 Å². The molecule has 5 nitrogen and oxygen atoms in total. The van der Waals surface area contributed by atoms with Crippen LogP contribution < -0.4 is 10.6 Å². The monoisotopic (exact) mass is 273 g/mol. The fraction of sp³-hybridized carbons (Fsp3) is 0.333. The number of pyridine rings is 1. The Kier molecular flexibility index (Phi) is 4.76. The Morgan fingerprint density at radius 3 is 2.80 bits per heavy atom. The van der Waals surface area contributed by atoms with Crippen molar-refractivity contribution in [1.82, 2.24) is 10.3 Å². The SMILES string of the molecule is CC(C)CNC(=O)c1ccc(NCc2ccco2)cn1. The molecule has 0 fully saturated rings. The Labute approximate surface area is 118 Å². The van der Waals surface area contributed by atoms with Gasteiger partial charge < -0.3 is 15.1 Å². The number of carbonyl (C=O) groups is 1. The molecule has 2 N–H and O–H groups in total. The highest BCUT2D eigenvalue weighted by atomic mass is 16.3. The van der Waals surface area contributed by atoms with Crippen molar-refractivity contribution >= 4 is 11.6 Å². The minimum Gasteiger partial charge on any atom is -0.467 e. The molecule has 0 aliphatic carbocycles. The van der Waals surface area contributed by atoms with E-state index in [1.54, 1.807) is 18.5 Å². The van der Waals surface area contributed by atoms with Gasteiger partial charge in [0.2, 0.25) is 0 Å². The van der Waals surface area contributed by atoms with Gasteiger partial charge in [-0.15, -0.1) is 0 Å². The normalized spacial score (nSPS) is 10.6. The lowest BCUT2D eigenvalue weighted by Gasteiger charge is -2.08. The van der Waals surface area contributed by atoms with Crippen LogP contribution in [0.1, 0.15) is 30.1 Å². The molecular weight excluding hydrogens is 254 g/mol. The number of hydrogen-bond acceptors (Lipinski definition) is 4. The van der Waals surface area contributed by atoms with Crippen LogP contribution in [0.4, 0.5) is 5.69 Å². The van der Waals surface area contributed by atoms with E-state index in [2.05, 4.69) is 29.5 Å². The van der Waals surface area contributed by atoms with Gasteiger partial charge >= 0.3 is 0 Å². The zero-order valence-corrected chi connectivity index (χ0v) is 11.7. The number of nitrogens with one attached hydrogen (secondary N) is 2. The summed E-state index contributed by atoms with van der Waals surface area (Å²) in [6, 6.07) is 7.28. The molecule has 0 spiro atoms. The zero-order chi connectivity index (χ0) is 14.4. The predicted molar refractivity (Wildman–Crippen MR) is 77.4 cm³/mol. The highest BCUT2D eigenvalue weighted by Gasteiger charge is 2.07. The van der Waals surface area contributed by atoms with E-state index in [0.717, 1.165) is 11.4 Å². The highest BCUT2D eigenvalue weighted by Crippen LogP contribution is 2.09. The Hall–Kier alpha value is -2.30. The Morgan fingerprint density at radius 2 is 2.20 bits per heavy atom. The topological polar surface area (TPSA) is 67.2 Å². The van der Waals surface area contributed by atoms with E-state index in [1.807, 2.05) is 18.2 Å². The second-order valence-corrected chi connectivity index (χ2v) is 4.97. The van der Waals surface area contributed by atoms with Crippen LogP contribution in [0.3, 0.4) is 0 Å². The summed E-state index contributed by atoms with van der Waals surface area (Å²) in [5.74, 6) is 1.13. The zero-order valence-electron chi connectivity index (χ0n) is 11.7. The summed E-state index contributed by atoms with van der Waals surface area (Å²) in [6.45, 7) is 5.34. The van der Waals surface area contributed by atoms with Crippen LogP contribution in [0, 0.1) is 5.92 Å². The van der Waals surface area contributed by atoms with Gasteiger partial charge in [0, 0.05) is 6.54 Å². The van der Waals surface area contributed by atoms with Gasteiger partial charge in [-0.3, -0.25) is 4.79 Å². The minimum absolute atomic E-state index is 0.142. The molecule has 2 aromatic rings. The fourth-order valence-electron chi connectivity index (χ4n) is 1.62. The summed E-state index contributed by atoms with van der Waals surface area (Å²) in [6.07, 6.45) is 3.28. The molecule has 5 heteroatoms. The van der Waals surface area contributed by atoms with Crippen molar-refractivity contribution < 1.29 is 9.21 Å². The lowest BCUT2D eigenvalue weighted by molar-refractivity contribution is 0.0944. The van der Waals surface area contributed by atoms with Crippen molar-refractivity contribution in [2.45, 2.75) is 20.4 Å². The van der Waals surface area contributed by atoms with Crippen molar-refractivity contribution in [3.63, 3.8) is 0 Å². The van der Waals surface area contributed by atoms with Crippen molar-refractivity contribution in [3.8, 4) is 0 Å². The molecule has 2 aromatic heterocycles. The summed E-state index contributed by atoms with van der Waals surface area (Å²) in [5.41, 5.74) is 1.27. The van der Waals surface area contributed by atoms with Crippen molar-refractivity contribution in [1.29, 1.82) is 0 Å². The average molecular weight is 273 g/mol. The Balaban J connectivity index is 1.87. The molecule has 0 aliphatic rings. The van der Waals surface area contributed by atoms with Crippen LogP contribution >= 0.6 is 0 Å². The van der Waals surface area contributed by atoms with E-state index in [4.69, 9.17) is 4.42 Å². The number of aromatic nitrogens is 1. The predicted octanol–water partition coefficient (Wildman–Crippen LogP) is 2.67. The standard InChI is InChI=1S/C15H19N3O2/c1-11(2)8-18-15(19)14-6-5-12(9-17-14)16-10-13-4-3-7-20-13/h3-7,9,11,16H,8,10H2,1-2H3,(H,18,19). The number of furan rings is 1. The van der Waals surface area contributed by atoms with Gasteiger partial charge in [-0.2, -0.15) is 0 Å². The molecule has 106 valence electrons. The van der Waals surface area contributed by atoms with Crippen LogP contribution in [0.25, 0.3) is 0 Å². The molecular formula is C15H19N3O2. The highest BCUT2D eigenvalue weighted by molar-refractivity contribution is 5.92. The van der Waals surface area contributed by atoms with Gasteiger partial charge in [-0.25, -0.2) is 4.98 Å². The molecule has 2 heterocycles. The van der Waals surface area contributed by atoms with Crippen LogP contribution in [0.15, 0.2) is 41.1 Å². The van der Waals surface area contributed by atoms with Gasteiger partial charge in [0.05, 0.1) is 24.7 Å². The van der Waals surface area contributed by atoms with Gasteiger partial charge in [-0.05, 0) is 30.2 Å². The number of rotatable bonds is 6. The first kappa shape index (κ1) is 14.1. The Bertz CT molecular complexity index is 533. The second kappa shape index (κ2) is 6.75. The molecule has 2 rings (SSSR count). The quantitative estimate of drug-likeness (QED) is 0.849. The van der Waals surface area contributed by atoms with E-state index >= 15 is 0 Å². The van der Waals surface area contributed by atoms with Gasteiger partial charge in [0.25, 0.3) is 5.91 Å². The minimum atomic E-state index is -0.142. The van der Waals surface area contributed by atoms with Gasteiger partial charge in [0.15, 0.2) is 0 Å². The fourth-order valence-corrected chi connectivity index (χ4v) is 1.62. The first-order valence-electron chi connectivity index (χ1n) is 6.65. The third-order valence-corrected chi connectivity index (χ3v) is 2.71. The first-order valence-corrected chi connectivity index (χ1v) is 6.65. The first-order chi connectivity index (χ1) is 9.65. The summed E-state index contributed by atoms with van der Waals surface area (Å²) in [7, 11) is 0. The average Bonchev–Trinajstić information content (AvgIpc) is 2.96. The summed E-state index contributed by atoms with van der Waals surface area (Å²) in [4.78, 5) is 15.9. The van der Waals surface area contributed by atoms with E-state index in [1.165, 1.54) is 0 Å². The maximum atomic E-state index is 11.8. The third kappa shape index (κ3) is 4.12. The van der Waals surface area contributed by atoms with Crippen molar-refractivity contribution in [3.05, 3.63) is 48.2 Å². The van der Waals surface area contributed by atoms with E-state index in [-0.39, 0.29) is 5.91 Å². The molecule has 0 saturated carbocycles. The molecule has 0 unspecified atom stereocenters. The number of amides is 1. The van der Waals surface area contributed by atoms with Crippen LogP contribution in [0.5, 0.6) is 0 Å². The molecule has 0 saturated heterocycles. The summed E-state index contributed by atoms with van der Waals surface area (Å²) in [5, 5.41) is 6.01. The molecule has 0 aromatic carbocycles. The van der Waals surface area contributed by atoms with E-state index in [0.29, 0.717) is 24.7 Å². The largest absolute Gasteiger partial charge is 0.467 e. The smallest absolute Gasteiger partial charge is 0.269 e. The molecule has 0 bridgehead atoms. The lowest BCUT2D eigenvalue weighted by atomic mass is 10.2. The van der Waals surface area contributed by atoms with Gasteiger partial charge in [0.1, 0.15) is 11.5 Å². The number of carbonyl (C=O) groups excluding carboxylic acids is 1. The summed E-state index contributed by atoms with van der Waals surface area (Å²) >= 11 is 0. The molecule has 1 amide bonds. The Morgan fingerprint density at radius 1 is 1.35 bits per heavy atom. The number of nitrogens with zero attached hydrogens (tertiary/aromatic N) is 1. The molecule has 0 atom stereocenters.